The lowest BCUT2D eigenvalue weighted by molar-refractivity contribution is 0.0675. The maximum atomic E-state index is 13.9. The molecule has 1 N–H and O–H groups in total. The Morgan fingerprint density at radius 2 is 1.88 bits per heavy atom. The number of anilines is 1. The van der Waals surface area contributed by atoms with Crippen LogP contribution >= 0.6 is 0 Å². The molecule has 6 rings (SSSR count). The smallest absolute Gasteiger partial charge is 0.259 e. The van der Waals surface area contributed by atoms with Crippen molar-refractivity contribution < 1.29 is 18.3 Å². The van der Waals surface area contributed by atoms with Crippen molar-refractivity contribution in [2.24, 2.45) is 0 Å². The van der Waals surface area contributed by atoms with Gasteiger partial charge in [-0.2, -0.15) is 5.10 Å². The third-order valence-corrected chi connectivity index (χ3v) is 6.94. The number of nitrogens with one attached hydrogen (secondary N) is 1. The van der Waals surface area contributed by atoms with Crippen molar-refractivity contribution in [3.8, 4) is 0 Å². The van der Waals surface area contributed by atoms with E-state index in [0.29, 0.717) is 53.9 Å². The first-order chi connectivity index (χ1) is 16.4. The number of aromatic amines is 1. The molecular weight excluding hydrogens is 442 g/mol. The summed E-state index contributed by atoms with van der Waals surface area (Å²) in [4.78, 5) is 30.7. The van der Waals surface area contributed by atoms with E-state index in [9.17, 15) is 18.4 Å². The van der Waals surface area contributed by atoms with E-state index in [1.165, 1.54) is 4.90 Å². The highest BCUT2D eigenvalue weighted by atomic mass is 19.2. The fourth-order valence-corrected chi connectivity index (χ4v) is 5.17. The summed E-state index contributed by atoms with van der Waals surface area (Å²) in [5.41, 5.74) is 3.11. The van der Waals surface area contributed by atoms with Crippen LogP contribution in [0.5, 0.6) is 0 Å². The number of nitrogens with zero attached hydrogens (tertiary/aromatic N) is 3. The maximum Gasteiger partial charge on any atom is 0.259 e. The molecule has 1 amide bonds. The van der Waals surface area contributed by atoms with Crippen LogP contribution in [0.15, 0.2) is 35.3 Å². The van der Waals surface area contributed by atoms with Crippen LogP contribution < -0.4 is 10.5 Å². The summed E-state index contributed by atoms with van der Waals surface area (Å²) in [7, 11) is 0. The predicted molar refractivity (Wildman–Crippen MR) is 123 cm³/mol. The number of amides is 1. The number of rotatable bonds is 2. The molecule has 4 aromatic rings. The second kappa shape index (κ2) is 7.73. The topological polar surface area (TPSA) is 80.2 Å². The molecule has 0 radical (unpaired) electrons. The molecule has 0 bridgehead atoms. The minimum Gasteiger partial charge on any atom is -0.381 e. The van der Waals surface area contributed by atoms with E-state index in [0.717, 1.165) is 41.4 Å². The van der Waals surface area contributed by atoms with Crippen LogP contribution in [0.2, 0.25) is 0 Å². The Hall–Kier alpha value is -3.59. The molecule has 0 unspecified atom stereocenters. The number of hydrogen-bond donors (Lipinski definition) is 1. The van der Waals surface area contributed by atoms with Crippen LogP contribution in [0.1, 0.15) is 40.4 Å². The summed E-state index contributed by atoms with van der Waals surface area (Å²) in [5.74, 6) is -2.22. The van der Waals surface area contributed by atoms with E-state index in [1.54, 1.807) is 12.3 Å². The van der Waals surface area contributed by atoms with Gasteiger partial charge in [0.25, 0.3) is 11.5 Å². The van der Waals surface area contributed by atoms with Crippen molar-refractivity contribution in [1.29, 1.82) is 0 Å². The summed E-state index contributed by atoms with van der Waals surface area (Å²) in [6.07, 6.45) is 3.66. The Kier molecular flexibility index (Phi) is 4.77. The van der Waals surface area contributed by atoms with Gasteiger partial charge in [-0.05, 0) is 55.5 Å². The van der Waals surface area contributed by atoms with Gasteiger partial charge in [0.05, 0.1) is 34.3 Å². The summed E-state index contributed by atoms with van der Waals surface area (Å²) < 4.78 is 34.9. The van der Waals surface area contributed by atoms with Gasteiger partial charge in [-0.1, -0.05) is 0 Å². The Bertz CT molecular complexity index is 1540. The highest BCUT2D eigenvalue weighted by Gasteiger charge is 2.29. The first-order valence-corrected chi connectivity index (χ1v) is 11.3. The SMILES string of the molecule is Cc1cc2c(cc1C(=O)N1CCc3cc(F)c(F)cc31)[nH]c(=O)c1cnn(C3CCOCC3)c12. The fraction of sp³-hybridized carbons (Fsp3) is 0.320. The second-order valence-corrected chi connectivity index (χ2v) is 8.96. The average Bonchev–Trinajstić information content (AvgIpc) is 3.45. The van der Waals surface area contributed by atoms with Crippen molar-refractivity contribution in [3.63, 3.8) is 0 Å². The number of pyridine rings is 1. The fourth-order valence-electron chi connectivity index (χ4n) is 5.17. The highest BCUT2D eigenvalue weighted by Crippen LogP contribution is 2.34. The number of H-pyrrole nitrogens is 1. The Morgan fingerprint density at radius 3 is 2.68 bits per heavy atom. The number of hydrogen-bond acceptors (Lipinski definition) is 4. The molecule has 2 aromatic carbocycles. The van der Waals surface area contributed by atoms with Crippen molar-refractivity contribution in [3.05, 3.63) is 69.1 Å². The van der Waals surface area contributed by atoms with E-state index < -0.39 is 11.6 Å². The summed E-state index contributed by atoms with van der Waals surface area (Å²) in [5, 5.41) is 5.83. The molecule has 34 heavy (non-hydrogen) atoms. The molecule has 0 spiro atoms. The number of aryl methyl sites for hydroxylation is 1. The molecule has 2 aliphatic heterocycles. The molecule has 0 saturated carbocycles. The summed E-state index contributed by atoms with van der Waals surface area (Å²) >= 11 is 0. The molecule has 0 aliphatic carbocycles. The highest BCUT2D eigenvalue weighted by molar-refractivity contribution is 6.12. The van der Waals surface area contributed by atoms with Gasteiger partial charge in [0.2, 0.25) is 0 Å². The van der Waals surface area contributed by atoms with Gasteiger partial charge in [0.1, 0.15) is 0 Å². The Morgan fingerprint density at radius 1 is 1.12 bits per heavy atom. The van der Waals surface area contributed by atoms with Gasteiger partial charge in [-0.3, -0.25) is 14.3 Å². The van der Waals surface area contributed by atoms with Crippen LogP contribution in [0.4, 0.5) is 14.5 Å². The Balaban J connectivity index is 1.48. The molecule has 0 atom stereocenters. The number of fused-ring (bicyclic) bond motifs is 4. The molecule has 9 heteroatoms. The lowest BCUT2D eigenvalue weighted by Crippen LogP contribution is -2.29. The van der Waals surface area contributed by atoms with Gasteiger partial charge in [-0.25, -0.2) is 8.78 Å². The zero-order valence-electron chi connectivity index (χ0n) is 18.5. The van der Waals surface area contributed by atoms with Crippen molar-refractivity contribution >= 4 is 33.4 Å². The molecule has 2 aromatic heterocycles. The lowest BCUT2D eigenvalue weighted by atomic mass is 10.0. The largest absolute Gasteiger partial charge is 0.381 e. The van der Waals surface area contributed by atoms with Crippen molar-refractivity contribution in [2.75, 3.05) is 24.7 Å². The number of ether oxygens (including phenoxy) is 1. The zero-order valence-corrected chi connectivity index (χ0v) is 18.5. The predicted octanol–water partition coefficient (Wildman–Crippen LogP) is 4.02. The molecular formula is C25H22F2N4O3. The van der Waals surface area contributed by atoms with Crippen LogP contribution in [-0.2, 0) is 11.2 Å². The number of benzene rings is 2. The number of carbonyl (C=O) groups is 1. The van der Waals surface area contributed by atoms with Crippen molar-refractivity contribution in [1.82, 2.24) is 14.8 Å². The van der Waals surface area contributed by atoms with E-state index in [2.05, 4.69) is 10.1 Å². The number of halogens is 2. The Labute approximate surface area is 192 Å². The normalized spacial score (nSPS) is 16.5. The lowest BCUT2D eigenvalue weighted by Gasteiger charge is -2.23. The van der Waals surface area contributed by atoms with Gasteiger partial charge in [-0.15, -0.1) is 0 Å². The van der Waals surface area contributed by atoms with E-state index in [1.807, 2.05) is 17.7 Å². The van der Waals surface area contributed by atoms with Crippen LogP contribution in [0.25, 0.3) is 21.8 Å². The number of carbonyl (C=O) groups excluding carboxylic acids is 1. The molecule has 2 aliphatic rings. The summed E-state index contributed by atoms with van der Waals surface area (Å²) in [6.45, 7) is 3.46. The quantitative estimate of drug-likeness (QED) is 0.486. The van der Waals surface area contributed by atoms with Crippen LogP contribution in [0.3, 0.4) is 0 Å². The van der Waals surface area contributed by atoms with Gasteiger partial charge in [0, 0.05) is 36.8 Å². The van der Waals surface area contributed by atoms with Gasteiger partial charge in [0.15, 0.2) is 11.6 Å². The molecule has 174 valence electrons. The van der Waals surface area contributed by atoms with Crippen LogP contribution in [-0.4, -0.2) is 40.4 Å². The standard InChI is InChI=1S/C25H22F2N4O3/c1-13-8-17-21(29-24(32)18-12-28-31(23(17)18)15-3-6-34-7-4-15)10-16(13)25(33)30-5-2-14-9-19(26)20(27)11-22(14)30/h8-12,15H,2-7H2,1H3,(H,29,32). The third-order valence-electron chi connectivity index (χ3n) is 6.94. The minimum absolute atomic E-state index is 0.134. The van der Waals surface area contributed by atoms with E-state index >= 15 is 0 Å². The van der Waals surface area contributed by atoms with E-state index in [4.69, 9.17) is 4.74 Å². The third kappa shape index (κ3) is 3.14. The zero-order chi connectivity index (χ0) is 23.6. The van der Waals surface area contributed by atoms with Gasteiger partial charge >= 0.3 is 0 Å². The first-order valence-electron chi connectivity index (χ1n) is 11.3. The second-order valence-electron chi connectivity index (χ2n) is 8.96. The molecule has 4 heterocycles. The molecule has 1 fully saturated rings. The number of aromatic nitrogens is 3. The molecule has 1 saturated heterocycles. The van der Waals surface area contributed by atoms with Crippen molar-refractivity contribution in [2.45, 2.75) is 32.2 Å². The maximum absolute atomic E-state index is 13.9. The first kappa shape index (κ1) is 21.0. The molecule has 7 nitrogen and oxygen atoms in total. The van der Waals surface area contributed by atoms with Gasteiger partial charge < -0.3 is 14.6 Å². The minimum atomic E-state index is -0.984. The van der Waals surface area contributed by atoms with Crippen LogP contribution in [0, 0.1) is 18.6 Å². The summed E-state index contributed by atoms with van der Waals surface area (Å²) in [6, 6.07) is 5.92. The van der Waals surface area contributed by atoms with E-state index in [-0.39, 0.29) is 17.5 Å². The monoisotopic (exact) mass is 464 g/mol. The average molecular weight is 464 g/mol.